The van der Waals surface area contributed by atoms with Crippen molar-refractivity contribution >= 4 is 49.3 Å². The monoisotopic (exact) mass is 544 g/mol. The van der Waals surface area contributed by atoms with Crippen LogP contribution in [0.15, 0.2) is 36.5 Å². The second-order valence-electron chi connectivity index (χ2n) is 9.79. The molecule has 0 saturated carbocycles. The minimum atomic E-state index is -3.22. The number of thiophene rings is 1. The van der Waals surface area contributed by atoms with Gasteiger partial charge in [0.2, 0.25) is 10.0 Å². The summed E-state index contributed by atoms with van der Waals surface area (Å²) in [6, 6.07) is 10.1. The summed E-state index contributed by atoms with van der Waals surface area (Å²) in [5, 5.41) is 6.03. The Hall–Kier alpha value is -3.22. The van der Waals surface area contributed by atoms with Crippen molar-refractivity contribution in [3.63, 3.8) is 0 Å². The van der Waals surface area contributed by atoms with Gasteiger partial charge >= 0.3 is 6.09 Å². The second kappa shape index (κ2) is 10.6. The lowest BCUT2D eigenvalue weighted by Gasteiger charge is -2.19. The molecule has 37 heavy (non-hydrogen) atoms. The summed E-state index contributed by atoms with van der Waals surface area (Å²) in [6.07, 6.45) is 3.11. The van der Waals surface area contributed by atoms with Gasteiger partial charge in [0.1, 0.15) is 15.9 Å². The highest BCUT2D eigenvalue weighted by Gasteiger charge is 2.17. The van der Waals surface area contributed by atoms with Crippen molar-refractivity contribution in [1.82, 2.24) is 24.4 Å². The number of fused-ring (bicyclic) bond motifs is 3. The van der Waals surface area contributed by atoms with Gasteiger partial charge in [0.05, 0.1) is 6.26 Å². The number of ether oxygens (including phenoxy) is 1. The van der Waals surface area contributed by atoms with Crippen LogP contribution in [0.2, 0.25) is 0 Å². The topological polar surface area (TPSA) is 127 Å². The molecule has 4 rings (SSSR count). The Morgan fingerprint density at radius 1 is 1.16 bits per heavy atom. The molecule has 1 amide bonds. The Balaban J connectivity index is 1.54. The maximum Gasteiger partial charge on any atom is 0.407 e. The highest BCUT2D eigenvalue weighted by atomic mass is 32.2. The Morgan fingerprint density at radius 3 is 2.68 bits per heavy atom. The Kier molecular flexibility index (Phi) is 7.72. The molecule has 0 atom stereocenters. The predicted octanol–water partition coefficient (Wildman–Crippen LogP) is 3.95. The first kappa shape index (κ1) is 26.8. The SMILES string of the molecule is Cc1cnc2c(NCCNC(=O)OC(C)(C)C)nc3cc(-c4cccc(CCNS(C)(=O)=O)c4)sc3n12. The molecule has 0 bridgehead atoms. The van der Waals surface area contributed by atoms with E-state index in [1.807, 2.05) is 52.1 Å². The van der Waals surface area contributed by atoms with E-state index in [1.54, 1.807) is 11.3 Å². The summed E-state index contributed by atoms with van der Waals surface area (Å²) in [7, 11) is -3.22. The van der Waals surface area contributed by atoms with E-state index in [0.29, 0.717) is 31.9 Å². The van der Waals surface area contributed by atoms with E-state index < -0.39 is 21.7 Å². The van der Waals surface area contributed by atoms with Crippen LogP contribution in [0.25, 0.3) is 26.4 Å². The number of rotatable bonds is 9. The smallest absolute Gasteiger partial charge is 0.407 e. The third kappa shape index (κ3) is 6.96. The molecule has 3 N–H and O–H groups in total. The molecule has 1 aromatic carbocycles. The fourth-order valence-corrected chi connectivity index (χ4v) is 5.45. The number of aryl methyl sites for hydroxylation is 1. The van der Waals surface area contributed by atoms with E-state index in [2.05, 4.69) is 36.9 Å². The minimum absolute atomic E-state index is 0.350. The van der Waals surface area contributed by atoms with Crippen LogP contribution in [0, 0.1) is 6.92 Å². The molecule has 0 fully saturated rings. The number of hydrogen-bond donors (Lipinski definition) is 3. The maximum absolute atomic E-state index is 11.9. The van der Waals surface area contributed by atoms with Crippen LogP contribution in [-0.4, -0.2) is 60.4 Å². The van der Waals surface area contributed by atoms with Crippen LogP contribution in [-0.2, 0) is 21.2 Å². The molecule has 198 valence electrons. The van der Waals surface area contributed by atoms with Gasteiger partial charge in [0.25, 0.3) is 0 Å². The van der Waals surface area contributed by atoms with Crippen LogP contribution in [0.1, 0.15) is 32.0 Å². The number of amides is 1. The predicted molar refractivity (Wildman–Crippen MR) is 148 cm³/mol. The number of carbonyl (C=O) groups is 1. The zero-order chi connectivity index (χ0) is 26.8. The highest BCUT2D eigenvalue weighted by Crippen LogP contribution is 2.35. The second-order valence-corrected chi connectivity index (χ2v) is 12.7. The van der Waals surface area contributed by atoms with E-state index >= 15 is 0 Å². The van der Waals surface area contributed by atoms with E-state index in [4.69, 9.17) is 9.72 Å². The van der Waals surface area contributed by atoms with Gasteiger partial charge in [-0.05, 0) is 51.3 Å². The van der Waals surface area contributed by atoms with Gasteiger partial charge in [-0.15, -0.1) is 11.3 Å². The average Bonchev–Trinajstić information content (AvgIpc) is 3.38. The summed E-state index contributed by atoms with van der Waals surface area (Å²) < 4.78 is 32.6. The summed E-state index contributed by atoms with van der Waals surface area (Å²) in [4.78, 5) is 23.3. The number of aromatic nitrogens is 3. The Bertz CT molecular complexity index is 1540. The van der Waals surface area contributed by atoms with Crippen LogP contribution < -0.4 is 15.4 Å². The third-order valence-corrected chi connectivity index (χ3v) is 7.24. The number of nitrogens with one attached hydrogen (secondary N) is 3. The van der Waals surface area contributed by atoms with Crippen molar-refractivity contribution in [1.29, 1.82) is 0 Å². The normalized spacial score (nSPS) is 12.2. The van der Waals surface area contributed by atoms with Crippen LogP contribution in [0.3, 0.4) is 0 Å². The molecular weight excluding hydrogens is 512 g/mol. The zero-order valence-electron chi connectivity index (χ0n) is 21.6. The van der Waals surface area contributed by atoms with E-state index in [9.17, 15) is 13.2 Å². The maximum atomic E-state index is 11.9. The lowest BCUT2D eigenvalue weighted by molar-refractivity contribution is 0.0530. The molecule has 0 aliphatic rings. The number of imidazole rings is 1. The third-order valence-electron chi connectivity index (χ3n) is 5.35. The molecule has 0 radical (unpaired) electrons. The average molecular weight is 545 g/mol. The number of carbonyl (C=O) groups excluding carboxylic acids is 1. The number of hydrogen-bond acceptors (Lipinski definition) is 8. The minimum Gasteiger partial charge on any atom is -0.444 e. The lowest BCUT2D eigenvalue weighted by atomic mass is 10.1. The number of anilines is 1. The number of benzene rings is 1. The standard InChI is InChI=1S/C25H32N6O4S2/c1-16-15-28-22-21(26-11-12-27-24(32)35-25(2,3)4)30-19-14-20(36-23(19)31(16)22)18-8-6-7-17(13-18)9-10-29-37(5,33)34/h6-8,13-15,29H,9-12H2,1-5H3,(H,26,30)(H,27,32). The fraction of sp³-hybridized carbons (Fsp3) is 0.400. The van der Waals surface area contributed by atoms with Crippen molar-refractivity contribution < 1.29 is 17.9 Å². The molecule has 0 unspecified atom stereocenters. The first-order chi connectivity index (χ1) is 17.4. The number of sulfonamides is 1. The molecule has 3 heterocycles. The number of alkyl carbamates (subject to hydrolysis) is 1. The van der Waals surface area contributed by atoms with Gasteiger partial charge in [0.15, 0.2) is 11.5 Å². The first-order valence-electron chi connectivity index (χ1n) is 11.9. The van der Waals surface area contributed by atoms with Crippen molar-refractivity contribution in [2.75, 3.05) is 31.2 Å². The lowest BCUT2D eigenvalue weighted by Crippen LogP contribution is -2.35. The summed E-state index contributed by atoms with van der Waals surface area (Å²) >= 11 is 1.63. The van der Waals surface area contributed by atoms with Gasteiger partial charge in [0, 0.05) is 36.4 Å². The first-order valence-corrected chi connectivity index (χ1v) is 14.6. The van der Waals surface area contributed by atoms with Crippen molar-refractivity contribution in [3.8, 4) is 10.4 Å². The van der Waals surface area contributed by atoms with Gasteiger partial charge in [-0.3, -0.25) is 4.40 Å². The molecule has 0 spiro atoms. The molecule has 0 aliphatic heterocycles. The van der Waals surface area contributed by atoms with E-state index in [0.717, 1.165) is 43.9 Å². The Labute approximate surface area is 220 Å². The summed E-state index contributed by atoms with van der Waals surface area (Å²) in [6.45, 7) is 8.65. The summed E-state index contributed by atoms with van der Waals surface area (Å²) in [5.74, 6) is 0.636. The quantitative estimate of drug-likeness (QED) is 0.272. The van der Waals surface area contributed by atoms with Crippen LogP contribution in [0.5, 0.6) is 0 Å². The molecule has 12 heteroatoms. The molecule has 3 aromatic heterocycles. The van der Waals surface area contributed by atoms with Crippen LogP contribution >= 0.6 is 11.3 Å². The molecule has 0 saturated heterocycles. The molecule has 4 aromatic rings. The van der Waals surface area contributed by atoms with Gasteiger partial charge < -0.3 is 15.4 Å². The fourth-order valence-electron chi connectivity index (χ4n) is 3.82. The summed E-state index contributed by atoms with van der Waals surface area (Å²) in [5.41, 5.74) is 4.08. The van der Waals surface area contributed by atoms with Crippen molar-refractivity contribution in [3.05, 3.63) is 47.8 Å². The van der Waals surface area contributed by atoms with E-state index in [1.165, 1.54) is 0 Å². The molecule has 0 aliphatic carbocycles. The highest BCUT2D eigenvalue weighted by molar-refractivity contribution is 7.88. The van der Waals surface area contributed by atoms with Crippen molar-refractivity contribution in [2.24, 2.45) is 0 Å². The Morgan fingerprint density at radius 2 is 1.95 bits per heavy atom. The molecular formula is C25H32N6O4S2. The van der Waals surface area contributed by atoms with Crippen LogP contribution in [0.4, 0.5) is 10.6 Å². The number of nitrogens with zero attached hydrogens (tertiary/aromatic N) is 3. The van der Waals surface area contributed by atoms with Crippen molar-refractivity contribution in [2.45, 2.75) is 39.7 Å². The van der Waals surface area contributed by atoms with Gasteiger partial charge in [-0.2, -0.15) is 0 Å². The largest absolute Gasteiger partial charge is 0.444 e. The van der Waals surface area contributed by atoms with Gasteiger partial charge in [-0.25, -0.2) is 27.9 Å². The zero-order valence-corrected chi connectivity index (χ0v) is 23.2. The van der Waals surface area contributed by atoms with Gasteiger partial charge in [-0.1, -0.05) is 24.3 Å². The van der Waals surface area contributed by atoms with E-state index in [-0.39, 0.29) is 0 Å². The molecule has 10 nitrogen and oxygen atoms in total.